The fourth-order valence-electron chi connectivity index (χ4n) is 2.57. The average Bonchev–Trinajstić information content (AvgIpc) is 3.04. The lowest BCUT2D eigenvalue weighted by Crippen LogP contribution is -2.34. The summed E-state index contributed by atoms with van der Waals surface area (Å²) in [7, 11) is 0. The zero-order chi connectivity index (χ0) is 14.3. The summed E-state index contributed by atoms with van der Waals surface area (Å²) in [6.45, 7) is 2.41. The molecule has 6 heteroatoms. The minimum Gasteiger partial charge on any atom is -0.481 e. The third-order valence-electron chi connectivity index (χ3n) is 3.96. The highest BCUT2D eigenvalue weighted by molar-refractivity contribution is 5.98. The van der Waals surface area contributed by atoms with E-state index < -0.39 is 11.4 Å². The molecule has 1 amide bonds. The van der Waals surface area contributed by atoms with Crippen molar-refractivity contribution in [2.45, 2.75) is 13.3 Å². The number of hydrogen-bond donors (Lipinski definition) is 2. The smallest absolute Gasteiger partial charge is 0.311 e. The third kappa shape index (κ3) is 1.93. The van der Waals surface area contributed by atoms with Gasteiger partial charge in [0.1, 0.15) is 0 Å². The van der Waals surface area contributed by atoms with E-state index in [-0.39, 0.29) is 12.5 Å². The maximum Gasteiger partial charge on any atom is 0.311 e. The van der Waals surface area contributed by atoms with Crippen LogP contribution in [0.4, 0.5) is 0 Å². The Morgan fingerprint density at radius 2 is 2.25 bits per heavy atom. The minimum absolute atomic E-state index is 0.127. The minimum atomic E-state index is -0.849. The van der Waals surface area contributed by atoms with E-state index in [1.54, 1.807) is 30.2 Å². The highest BCUT2D eigenvalue weighted by atomic mass is 16.4. The van der Waals surface area contributed by atoms with Gasteiger partial charge in [0.15, 0.2) is 0 Å². The number of aromatic nitrogens is 2. The zero-order valence-electron chi connectivity index (χ0n) is 11.1. The van der Waals surface area contributed by atoms with Crippen molar-refractivity contribution in [2.75, 3.05) is 13.1 Å². The predicted molar refractivity (Wildman–Crippen MR) is 72.4 cm³/mol. The van der Waals surface area contributed by atoms with Crippen molar-refractivity contribution in [3.05, 3.63) is 30.0 Å². The Kier molecular flexibility index (Phi) is 2.74. The van der Waals surface area contributed by atoms with Crippen LogP contribution in [-0.2, 0) is 4.79 Å². The Labute approximate surface area is 115 Å². The molecule has 0 aliphatic carbocycles. The summed E-state index contributed by atoms with van der Waals surface area (Å²) >= 11 is 0. The number of carbonyl (C=O) groups excluding carboxylic acids is 1. The SMILES string of the molecule is CC1(C(=O)O)CCN(C(=O)c2ccc3[nH]ncc3c2)C1. The lowest BCUT2D eigenvalue weighted by molar-refractivity contribution is -0.147. The standard InChI is InChI=1S/C14H15N3O3/c1-14(13(19)20)4-5-17(8-14)12(18)9-2-3-11-10(6-9)7-15-16-11/h2-3,6-7H,4-5,8H2,1H3,(H,15,16)(H,19,20). The summed E-state index contributed by atoms with van der Waals surface area (Å²) in [5, 5.41) is 16.8. The number of rotatable bonds is 2. The van der Waals surface area contributed by atoms with Crippen LogP contribution in [0.1, 0.15) is 23.7 Å². The number of benzene rings is 1. The molecule has 2 aromatic rings. The van der Waals surface area contributed by atoms with Crippen LogP contribution in [0.15, 0.2) is 24.4 Å². The van der Waals surface area contributed by atoms with Crippen molar-refractivity contribution in [2.24, 2.45) is 5.41 Å². The Hall–Kier alpha value is -2.37. The summed E-state index contributed by atoms with van der Waals surface area (Å²) in [5.74, 6) is -0.976. The van der Waals surface area contributed by atoms with Gasteiger partial charge >= 0.3 is 5.97 Å². The summed E-state index contributed by atoms with van der Waals surface area (Å²) in [6, 6.07) is 5.32. The van der Waals surface area contributed by atoms with Crippen LogP contribution in [0.3, 0.4) is 0 Å². The molecule has 0 spiro atoms. The van der Waals surface area contributed by atoms with Crippen molar-refractivity contribution < 1.29 is 14.7 Å². The normalized spacial score (nSPS) is 22.4. The number of aliphatic carboxylic acids is 1. The molecule has 1 aromatic carbocycles. The van der Waals surface area contributed by atoms with Crippen LogP contribution in [0.25, 0.3) is 10.9 Å². The second-order valence-electron chi connectivity index (χ2n) is 5.51. The number of nitrogens with one attached hydrogen (secondary N) is 1. The molecular formula is C14H15N3O3. The maximum absolute atomic E-state index is 12.4. The van der Waals surface area contributed by atoms with E-state index in [0.717, 1.165) is 10.9 Å². The molecule has 1 aliphatic heterocycles. The molecule has 1 fully saturated rings. The molecule has 0 saturated carbocycles. The number of carboxylic acids is 1. The topological polar surface area (TPSA) is 86.3 Å². The van der Waals surface area contributed by atoms with Crippen LogP contribution in [-0.4, -0.2) is 45.2 Å². The number of fused-ring (bicyclic) bond motifs is 1. The van der Waals surface area contributed by atoms with Gasteiger partial charge in [-0.1, -0.05) is 0 Å². The van der Waals surface area contributed by atoms with Crippen molar-refractivity contribution in [1.82, 2.24) is 15.1 Å². The molecule has 0 bridgehead atoms. The van der Waals surface area contributed by atoms with Gasteiger partial charge in [0.25, 0.3) is 5.91 Å². The summed E-state index contributed by atoms with van der Waals surface area (Å²) in [4.78, 5) is 25.2. The molecule has 1 unspecified atom stereocenters. The summed E-state index contributed by atoms with van der Waals surface area (Å²) in [6.07, 6.45) is 2.15. The molecule has 1 aliphatic rings. The van der Waals surface area contributed by atoms with Crippen LogP contribution in [0.5, 0.6) is 0 Å². The number of aromatic amines is 1. The van der Waals surface area contributed by atoms with Crippen molar-refractivity contribution in [3.63, 3.8) is 0 Å². The molecule has 2 heterocycles. The first kappa shape index (κ1) is 12.7. The summed E-state index contributed by atoms with van der Waals surface area (Å²) < 4.78 is 0. The second kappa shape index (κ2) is 4.33. The van der Waals surface area contributed by atoms with Gasteiger partial charge < -0.3 is 10.0 Å². The molecule has 1 aromatic heterocycles. The number of carbonyl (C=O) groups is 2. The van der Waals surface area contributed by atoms with Crippen LogP contribution in [0, 0.1) is 5.41 Å². The molecular weight excluding hydrogens is 258 g/mol. The van der Waals surface area contributed by atoms with E-state index in [1.165, 1.54) is 0 Å². The van der Waals surface area contributed by atoms with Gasteiger partial charge in [-0.25, -0.2) is 0 Å². The number of nitrogens with zero attached hydrogens (tertiary/aromatic N) is 2. The zero-order valence-corrected chi connectivity index (χ0v) is 11.1. The molecule has 6 nitrogen and oxygen atoms in total. The number of likely N-dealkylation sites (tertiary alicyclic amines) is 1. The predicted octanol–water partition coefficient (Wildman–Crippen LogP) is 1.50. The molecule has 20 heavy (non-hydrogen) atoms. The fourth-order valence-corrected chi connectivity index (χ4v) is 2.57. The van der Waals surface area contributed by atoms with E-state index in [9.17, 15) is 14.7 Å². The van der Waals surface area contributed by atoms with Gasteiger partial charge in [0.05, 0.1) is 17.1 Å². The first-order valence-corrected chi connectivity index (χ1v) is 6.45. The molecule has 0 radical (unpaired) electrons. The highest BCUT2D eigenvalue weighted by Crippen LogP contribution is 2.31. The van der Waals surface area contributed by atoms with Gasteiger partial charge in [-0.15, -0.1) is 0 Å². The van der Waals surface area contributed by atoms with Crippen LogP contribution < -0.4 is 0 Å². The monoisotopic (exact) mass is 273 g/mol. The number of carboxylic acid groups (broad SMARTS) is 1. The maximum atomic E-state index is 12.4. The van der Waals surface area contributed by atoms with Crippen molar-refractivity contribution >= 4 is 22.8 Å². The summed E-state index contributed by atoms with van der Waals surface area (Å²) in [5.41, 5.74) is 0.599. The van der Waals surface area contributed by atoms with Crippen LogP contribution >= 0.6 is 0 Å². The van der Waals surface area contributed by atoms with Crippen molar-refractivity contribution in [1.29, 1.82) is 0 Å². The van der Waals surface area contributed by atoms with E-state index in [0.29, 0.717) is 18.5 Å². The average molecular weight is 273 g/mol. The van der Waals surface area contributed by atoms with E-state index in [1.807, 2.05) is 6.07 Å². The Morgan fingerprint density at radius 3 is 2.95 bits per heavy atom. The molecule has 1 saturated heterocycles. The first-order chi connectivity index (χ1) is 9.49. The Balaban J connectivity index is 1.84. The Bertz CT molecular complexity index is 694. The molecule has 104 valence electrons. The lowest BCUT2D eigenvalue weighted by Gasteiger charge is -2.20. The highest BCUT2D eigenvalue weighted by Gasteiger charge is 2.42. The number of amides is 1. The Morgan fingerprint density at radius 1 is 1.45 bits per heavy atom. The van der Waals surface area contributed by atoms with E-state index in [4.69, 9.17) is 0 Å². The van der Waals surface area contributed by atoms with Gasteiger partial charge in [-0.2, -0.15) is 5.10 Å². The van der Waals surface area contributed by atoms with E-state index in [2.05, 4.69) is 10.2 Å². The quantitative estimate of drug-likeness (QED) is 0.868. The largest absolute Gasteiger partial charge is 0.481 e. The number of H-pyrrole nitrogens is 1. The molecule has 3 rings (SSSR count). The van der Waals surface area contributed by atoms with Gasteiger partial charge in [0.2, 0.25) is 0 Å². The fraction of sp³-hybridized carbons (Fsp3) is 0.357. The van der Waals surface area contributed by atoms with E-state index >= 15 is 0 Å². The molecule has 2 N–H and O–H groups in total. The lowest BCUT2D eigenvalue weighted by atomic mass is 9.90. The van der Waals surface area contributed by atoms with Gasteiger partial charge in [-0.3, -0.25) is 14.7 Å². The van der Waals surface area contributed by atoms with Crippen LogP contribution in [0.2, 0.25) is 0 Å². The van der Waals surface area contributed by atoms with Gasteiger partial charge in [0, 0.05) is 24.0 Å². The first-order valence-electron chi connectivity index (χ1n) is 6.45. The van der Waals surface area contributed by atoms with Gasteiger partial charge in [-0.05, 0) is 31.5 Å². The molecule has 1 atom stereocenters. The second-order valence-corrected chi connectivity index (χ2v) is 5.51. The van der Waals surface area contributed by atoms with Crippen molar-refractivity contribution in [3.8, 4) is 0 Å². The number of hydrogen-bond acceptors (Lipinski definition) is 3. The third-order valence-corrected chi connectivity index (χ3v) is 3.96.